The predicted molar refractivity (Wildman–Crippen MR) is 93.7 cm³/mol. The standard InChI is InChI=1S/C12H19NS.C7H6O/c1-9-4-3-5-11(7-6-9)12-13-8-10(2)14-12;8-6-7-4-2-1-3-5-7/h8-9,11H,3-7H2,1-2H3;1-6H. The second-order valence-corrected chi connectivity index (χ2v) is 7.41. The molecule has 0 aliphatic heterocycles. The number of rotatable bonds is 2. The van der Waals surface area contributed by atoms with Gasteiger partial charge in [-0.05, 0) is 25.7 Å². The Hall–Kier alpha value is -1.48. The minimum atomic E-state index is 0.729. The fourth-order valence-electron chi connectivity index (χ4n) is 2.83. The van der Waals surface area contributed by atoms with Crippen LogP contribution in [0.1, 0.15) is 65.2 Å². The van der Waals surface area contributed by atoms with Crippen molar-refractivity contribution in [2.75, 3.05) is 0 Å². The van der Waals surface area contributed by atoms with Gasteiger partial charge in [-0.2, -0.15) is 0 Å². The first-order valence-corrected chi connectivity index (χ1v) is 8.93. The maximum absolute atomic E-state index is 10.0. The molecule has 0 radical (unpaired) electrons. The Kier molecular flexibility index (Phi) is 6.78. The highest BCUT2D eigenvalue weighted by atomic mass is 32.1. The van der Waals surface area contributed by atoms with Crippen molar-refractivity contribution in [1.29, 1.82) is 0 Å². The van der Waals surface area contributed by atoms with Crippen LogP contribution in [-0.2, 0) is 0 Å². The van der Waals surface area contributed by atoms with Gasteiger partial charge in [0.2, 0.25) is 0 Å². The molecule has 1 aromatic heterocycles. The molecule has 0 bridgehead atoms. The Morgan fingerprint density at radius 1 is 1.14 bits per heavy atom. The van der Waals surface area contributed by atoms with Crippen molar-refractivity contribution in [3.8, 4) is 0 Å². The van der Waals surface area contributed by atoms with E-state index in [0.717, 1.165) is 23.7 Å². The molecule has 2 nitrogen and oxygen atoms in total. The molecule has 2 atom stereocenters. The Morgan fingerprint density at radius 2 is 1.91 bits per heavy atom. The van der Waals surface area contributed by atoms with Gasteiger partial charge in [-0.3, -0.25) is 4.79 Å². The highest BCUT2D eigenvalue weighted by Crippen LogP contribution is 2.35. The fraction of sp³-hybridized carbons (Fsp3) is 0.474. The molecular formula is C19H25NOS. The van der Waals surface area contributed by atoms with Crippen molar-refractivity contribution < 1.29 is 4.79 Å². The second-order valence-electron chi connectivity index (χ2n) is 6.15. The fourth-order valence-corrected chi connectivity index (χ4v) is 3.77. The number of hydrogen-bond acceptors (Lipinski definition) is 3. The molecule has 3 heteroatoms. The first-order chi connectivity index (χ1) is 10.7. The predicted octanol–water partition coefficient (Wildman–Crippen LogP) is 5.63. The van der Waals surface area contributed by atoms with Crippen molar-refractivity contribution in [2.45, 2.75) is 51.9 Å². The van der Waals surface area contributed by atoms with E-state index in [1.54, 1.807) is 12.1 Å². The van der Waals surface area contributed by atoms with Crippen molar-refractivity contribution in [3.05, 3.63) is 52.0 Å². The second kappa shape index (κ2) is 8.84. The smallest absolute Gasteiger partial charge is 0.150 e. The van der Waals surface area contributed by atoms with Gasteiger partial charge in [0.25, 0.3) is 0 Å². The molecular weight excluding hydrogens is 290 g/mol. The molecule has 118 valence electrons. The molecule has 22 heavy (non-hydrogen) atoms. The number of carbonyl (C=O) groups excluding carboxylic acids is 1. The zero-order valence-corrected chi connectivity index (χ0v) is 14.3. The zero-order chi connectivity index (χ0) is 15.8. The molecule has 0 saturated heterocycles. The van der Waals surface area contributed by atoms with E-state index in [-0.39, 0.29) is 0 Å². The topological polar surface area (TPSA) is 30.0 Å². The molecule has 1 aromatic carbocycles. The number of benzene rings is 1. The van der Waals surface area contributed by atoms with E-state index >= 15 is 0 Å². The Morgan fingerprint density at radius 3 is 2.50 bits per heavy atom. The molecule has 1 heterocycles. The van der Waals surface area contributed by atoms with Crippen LogP contribution in [0.2, 0.25) is 0 Å². The summed E-state index contributed by atoms with van der Waals surface area (Å²) in [6.45, 7) is 4.54. The third-order valence-corrected chi connectivity index (χ3v) is 5.26. The number of thiazole rings is 1. The lowest BCUT2D eigenvalue weighted by Gasteiger charge is -2.10. The number of aryl methyl sites for hydroxylation is 1. The molecule has 0 spiro atoms. The van der Waals surface area contributed by atoms with E-state index in [2.05, 4.69) is 18.8 Å². The summed E-state index contributed by atoms with van der Waals surface area (Å²) in [5.74, 6) is 1.69. The van der Waals surface area contributed by atoms with Crippen LogP contribution in [0.25, 0.3) is 0 Å². The third-order valence-electron chi connectivity index (χ3n) is 4.18. The monoisotopic (exact) mass is 315 g/mol. The lowest BCUT2D eigenvalue weighted by atomic mass is 10.00. The lowest BCUT2D eigenvalue weighted by Crippen LogP contribution is -1.96. The van der Waals surface area contributed by atoms with E-state index < -0.39 is 0 Å². The molecule has 1 aliphatic rings. The van der Waals surface area contributed by atoms with E-state index in [9.17, 15) is 4.79 Å². The number of hydrogen-bond donors (Lipinski definition) is 0. The first-order valence-electron chi connectivity index (χ1n) is 8.11. The van der Waals surface area contributed by atoms with Crippen molar-refractivity contribution in [2.24, 2.45) is 5.92 Å². The summed E-state index contributed by atoms with van der Waals surface area (Å²) in [5, 5.41) is 1.39. The van der Waals surface area contributed by atoms with E-state index in [0.29, 0.717) is 0 Å². The van der Waals surface area contributed by atoms with Gasteiger partial charge in [0.1, 0.15) is 6.29 Å². The van der Waals surface area contributed by atoms with Gasteiger partial charge < -0.3 is 0 Å². The molecule has 3 rings (SSSR count). The Balaban J connectivity index is 0.000000188. The largest absolute Gasteiger partial charge is 0.298 e. The minimum absolute atomic E-state index is 0.729. The summed E-state index contributed by atoms with van der Waals surface area (Å²) in [4.78, 5) is 15.9. The van der Waals surface area contributed by atoms with Gasteiger partial charge in [0, 0.05) is 22.6 Å². The normalized spacial score (nSPS) is 21.4. The van der Waals surface area contributed by atoms with Crippen molar-refractivity contribution >= 4 is 17.6 Å². The summed E-state index contributed by atoms with van der Waals surface area (Å²) in [6, 6.07) is 9.10. The van der Waals surface area contributed by atoms with Gasteiger partial charge in [0.15, 0.2) is 0 Å². The quantitative estimate of drug-likeness (QED) is 0.530. The zero-order valence-electron chi connectivity index (χ0n) is 13.5. The van der Waals surface area contributed by atoms with Crippen LogP contribution in [0, 0.1) is 12.8 Å². The van der Waals surface area contributed by atoms with E-state index in [1.807, 2.05) is 35.7 Å². The van der Waals surface area contributed by atoms with Crippen LogP contribution >= 0.6 is 11.3 Å². The van der Waals surface area contributed by atoms with Crippen LogP contribution in [0.15, 0.2) is 36.5 Å². The summed E-state index contributed by atoms with van der Waals surface area (Å²) in [7, 11) is 0. The Bertz CT molecular complexity index is 564. The molecule has 2 aromatic rings. The van der Waals surface area contributed by atoms with Crippen molar-refractivity contribution in [3.63, 3.8) is 0 Å². The molecule has 0 amide bonds. The maximum atomic E-state index is 10.0. The highest BCUT2D eigenvalue weighted by molar-refractivity contribution is 7.11. The molecule has 2 unspecified atom stereocenters. The summed E-state index contributed by atoms with van der Waals surface area (Å²) >= 11 is 1.89. The van der Waals surface area contributed by atoms with E-state index in [4.69, 9.17) is 0 Å². The van der Waals surface area contributed by atoms with Crippen LogP contribution in [0.3, 0.4) is 0 Å². The van der Waals surface area contributed by atoms with Crippen LogP contribution in [-0.4, -0.2) is 11.3 Å². The SMILES string of the molecule is Cc1cnc(C2CCCC(C)CC2)s1.O=Cc1ccccc1. The average Bonchev–Trinajstić information content (AvgIpc) is 2.86. The van der Waals surface area contributed by atoms with Gasteiger partial charge in [-0.1, -0.05) is 56.5 Å². The highest BCUT2D eigenvalue weighted by Gasteiger charge is 2.19. The summed E-state index contributed by atoms with van der Waals surface area (Å²) < 4.78 is 0. The third kappa shape index (κ3) is 5.38. The molecule has 1 fully saturated rings. The van der Waals surface area contributed by atoms with Gasteiger partial charge in [-0.15, -0.1) is 11.3 Å². The van der Waals surface area contributed by atoms with Crippen LogP contribution < -0.4 is 0 Å². The van der Waals surface area contributed by atoms with Gasteiger partial charge >= 0.3 is 0 Å². The van der Waals surface area contributed by atoms with Crippen LogP contribution in [0.4, 0.5) is 0 Å². The average molecular weight is 315 g/mol. The number of aldehydes is 1. The molecule has 0 N–H and O–H groups in total. The van der Waals surface area contributed by atoms with Gasteiger partial charge in [0.05, 0.1) is 5.01 Å². The summed E-state index contributed by atoms with van der Waals surface area (Å²) in [5.41, 5.74) is 0.729. The number of nitrogens with zero attached hydrogens (tertiary/aromatic N) is 1. The molecule has 1 saturated carbocycles. The molecule has 1 aliphatic carbocycles. The summed E-state index contributed by atoms with van der Waals surface area (Å²) in [6.07, 6.45) is 9.77. The Labute approximate surface area is 137 Å². The van der Waals surface area contributed by atoms with E-state index in [1.165, 1.54) is 42.0 Å². The van der Waals surface area contributed by atoms with Crippen LogP contribution in [0.5, 0.6) is 0 Å². The number of carbonyl (C=O) groups is 1. The number of aromatic nitrogens is 1. The lowest BCUT2D eigenvalue weighted by molar-refractivity contribution is 0.112. The minimum Gasteiger partial charge on any atom is -0.298 e. The maximum Gasteiger partial charge on any atom is 0.150 e. The first kappa shape index (κ1) is 16.9. The van der Waals surface area contributed by atoms with Gasteiger partial charge in [-0.25, -0.2) is 4.98 Å². The van der Waals surface area contributed by atoms with Crippen molar-refractivity contribution in [1.82, 2.24) is 4.98 Å².